The van der Waals surface area contributed by atoms with Gasteiger partial charge in [0.25, 0.3) is 0 Å². The fourth-order valence-corrected chi connectivity index (χ4v) is 7.16. The molecule has 0 fully saturated rings. The van der Waals surface area contributed by atoms with E-state index in [4.69, 9.17) is 8.74 Å². The number of unbranched alkanes of at least 4 members (excludes halogenated alkanes) is 33. The fourth-order valence-electron chi connectivity index (χ4n) is 6.82. The molecule has 0 aliphatic rings. The Balaban J connectivity index is 3.68. The van der Waals surface area contributed by atoms with E-state index in [2.05, 4.69) is 26.0 Å². The highest BCUT2D eigenvalue weighted by molar-refractivity contribution is 7.80. The van der Waals surface area contributed by atoms with Crippen molar-refractivity contribution in [1.82, 2.24) is 0 Å². The summed E-state index contributed by atoms with van der Waals surface area (Å²) in [6.07, 6.45) is 52.9. The molecule has 0 saturated carbocycles. The Kier molecular flexibility index (Phi) is 38.1. The Labute approximate surface area is 296 Å². The standard InChI is InChI=1S/C42H84O4S/c1-3-5-7-9-11-13-15-17-19-21-22-23-24-26-28-30-32-34-36-38-40-42(41-46-47(43,44)45)39-37-35-33-31-29-27-25-20-18-16-14-12-10-8-6-4-2/h38,40,42H,3-37,39,41H2,1-2H3,(H,43,44,45)/b40-38+. The summed E-state index contributed by atoms with van der Waals surface area (Å²) in [6.45, 7) is 4.62. The topological polar surface area (TPSA) is 63.6 Å². The SMILES string of the molecule is CCCCCCCCCCCCCCCCCCCC/C=C/C(CCCCCCCCCCCCCCCCCC)COS(=O)(=O)O. The Bertz CT molecular complexity index is 720. The van der Waals surface area contributed by atoms with Crippen LogP contribution in [0.2, 0.25) is 0 Å². The van der Waals surface area contributed by atoms with Gasteiger partial charge in [-0.3, -0.25) is 4.55 Å². The van der Waals surface area contributed by atoms with Crippen molar-refractivity contribution in [3.05, 3.63) is 12.2 Å². The van der Waals surface area contributed by atoms with E-state index >= 15 is 0 Å². The molecular weight excluding hydrogens is 601 g/mol. The monoisotopic (exact) mass is 685 g/mol. The van der Waals surface area contributed by atoms with E-state index < -0.39 is 10.4 Å². The maximum atomic E-state index is 11.1. The van der Waals surface area contributed by atoms with Gasteiger partial charge in [-0.25, -0.2) is 4.18 Å². The van der Waals surface area contributed by atoms with E-state index in [0.29, 0.717) is 0 Å². The minimum Gasteiger partial charge on any atom is -0.264 e. The third kappa shape index (κ3) is 41.7. The molecule has 0 aliphatic carbocycles. The molecule has 1 unspecified atom stereocenters. The molecule has 0 saturated heterocycles. The average Bonchev–Trinajstić information content (AvgIpc) is 3.05. The van der Waals surface area contributed by atoms with Crippen molar-refractivity contribution in [2.45, 2.75) is 245 Å². The lowest BCUT2D eigenvalue weighted by molar-refractivity contribution is 0.234. The van der Waals surface area contributed by atoms with Crippen molar-refractivity contribution in [1.29, 1.82) is 0 Å². The van der Waals surface area contributed by atoms with Gasteiger partial charge < -0.3 is 0 Å². The zero-order valence-electron chi connectivity index (χ0n) is 32.0. The quantitative estimate of drug-likeness (QED) is 0.0396. The molecule has 0 aromatic carbocycles. The summed E-state index contributed by atoms with van der Waals surface area (Å²) < 4.78 is 36.0. The van der Waals surface area contributed by atoms with E-state index in [1.165, 1.54) is 212 Å². The maximum Gasteiger partial charge on any atom is 0.397 e. The summed E-state index contributed by atoms with van der Waals surface area (Å²) >= 11 is 0. The lowest BCUT2D eigenvalue weighted by atomic mass is 9.99. The smallest absolute Gasteiger partial charge is 0.264 e. The van der Waals surface area contributed by atoms with Crippen molar-refractivity contribution in [2.75, 3.05) is 6.61 Å². The van der Waals surface area contributed by atoms with Crippen LogP contribution in [0.5, 0.6) is 0 Å². The van der Waals surface area contributed by atoms with E-state index in [-0.39, 0.29) is 12.5 Å². The van der Waals surface area contributed by atoms with Crippen LogP contribution < -0.4 is 0 Å². The van der Waals surface area contributed by atoms with Crippen LogP contribution in [-0.4, -0.2) is 19.6 Å². The Morgan fingerprint density at radius 3 is 1.02 bits per heavy atom. The Morgan fingerprint density at radius 2 is 0.723 bits per heavy atom. The third-order valence-corrected chi connectivity index (χ3v) is 10.4. The van der Waals surface area contributed by atoms with Gasteiger partial charge in [0.1, 0.15) is 0 Å². The lowest BCUT2D eigenvalue weighted by Crippen LogP contribution is -2.12. The Morgan fingerprint density at radius 1 is 0.447 bits per heavy atom. The van der Waals surface area contributed by atoms with E-state index in [1.807, 2.05) is 0 Å². The van der Waals surface area contributed by atoms with Crippen LogP contribution in [0.3, 0.4) is 0 Å². The van der Waals surface area contributed by atoms with Gasteiger partial charge in [-0.15, -0.1) is 0 Å². The van der Waals surface area contributed by atoms with Gasteiger partial charge in [-0.1, -0.05) is 238 Å². The second kappa shape index (κ2) is 38.4. The van der Waals surface area contributed by atoms with Crippen molar-refractivity contribution in [3.63, 3.8) is 0 Å². The number of allylic oxidation sites excluding steroid dienone is 1. The molecule has 0 aromatic rings. The lowest BCUT2D eigenvalue weighted by Gasteiger charge is -2.12. The van der Waals surface area contributed by atoms with Crippen molar-refractivity contribution in [3.8, 4) is 0 Å². The second-order valence-corrected chi connectivity index (χ2v) is 15.9. The number of rotatable bonds is 40. The van der Waals surface area contributed by atoms with Gasteiger partial charge in [0.05, 0.1) is 6.61 Å². The third-order valence-electron chi connectivity index (χ3n) is 9.99. The van der Waals surface area contributed by atoms with Crippen LogP contribution in [0, 0.1) is 5.92 Å². The molecule has 282 valence electrons. The molecule has 1 atom stereocenters. The molecule has 0 heterocycles. The minimum absolute atomic E-state index is 0.0488. The minimum atomic E-state index is -4.38. The number of hydrogen-bond donors (Lipinski definition) is 1. The summed E-state index contributed by atoms with van der Waals surface area (Å²) in [5, 5.41) is 0. The van der Waals surface area contributed by atoms with E-state index in [0.717, 1.165) is 19.3 Å². The summed E-state index contributed by atoms with van der Waals surface area (Å²) in [7, 11) is -4.38. The van der Waals surface area contributed by atoms with E-state index in [9.17, 15) is 8.42 Å². The first-order chi connectivity index (χ1) is 23.0. The number of hydrogen-bond acceptors (Lipinski definition) is 3. The molecule has 0 rings (SSSR count). The van der Waals surface area contributed by atoms with Crippen molar-refractivity contribution in [2.24, 2.45) is 5.92 Å². The molecule has 0 bridgehead atoms. The summed E-state index contributed by atoms with van der Waals surface area (Å²) in [4.78, 5) is 0. The first-order valence-electron chi connectivity index (χ1n) is 21.3. The zero-order chi connectivity index (χ0) is 34.4. The fraction of sp³-hybridized carbons (Fsp3) is 0.952. The summed E-state index contributed by atoms with van der Waals surface area (Å²) in [5.74, 6) is 0.0547. The second-order valence-electron chi connectivity index (χ2n) is 14.8. The van der Waals surface area contributed by atoms with E-state index in [1.54, 1.807) is 0 Å². The van der Waals surface area contributed by atoms with Crippen LogP contribution in [-0.2, 0) is 14.6 Å². The van der Waals surface area contributed by atoms with Gasteiger partial charge in [-0.2, -0.15) is 8.42 Å². The van der Waals surface area contributed by atoms with Gasteiger partial charge in [0.2, 0.25) is 0 Å². The van der Waals surface area contributed by atoms with Gasteiger partial charge >= 0.3 is 10.4 Å². The molecule has 0 aliphatic heterocycles. The average molecular weight is 685 g/mol. The largest absolute Gasteiger partial charge is 0.397 e. The highest BCUT2D eigenvalue weighted by Gasteiger charge is 2.11. The first kappa shape index (κ1) is 46.6. The van der Waals surface area contributed by atoms with Gasteiger partial charge in [0.15, 0.2) is 0 Å². The molecule has 0 amide bonds. The zero-order valence-corrected chi connectivity index (χ0v) is 32.8. The first-order valence-corrected chi connectivity index (χ1v) is 22.6. The van der Waals surface area contributed by atoms with Crippen LogP contribution in [0.15, 0.2) is 12.2 Å². The summed E-state index contributed by atoms with van der Waals surface area (Å²) in [5.41, 5.74) is 0. The van der Waals surface area contributed by atoms with Crippen LogP contribution in [0.4, 0.5) is 0 Å². The molecule has 0 radical (unpaired) electrons. The van der Waals surface area contributed by atoms with Crippen LogP contribution in [0.1, 0.15) is 245 Å². The van der Waals surface area contributed by atoms with Gasteiger partial charge in [0, 0.05) is 5.92 Å². The predicted molar refractivity (Wildman–Crippen MR) is 208 cm³/mol. The molecule has 47 heavy (non-hydrogen) atoms. The molecule has 5 heteroatoms. The molecule has 0 spiro atoms. The molecule has 0 aromatic heterocycles. The van der Waals surface area contributed by atoms with Crippen LogP contribution >= 0.6 is 0 Å². The highest BCUT2D eigenvalue weighted by atomic mass is 32.3. The van der Waals surface area contributed by atoms with Gasteiger partial charge in [-0.05, 0) is 19.3 Å². The normalized spacial score (nSPS) is 12.8. The van der Waals surface area contributed by atoms with Crippen LogP contribution in [0.25, 0.3) is 0 Å². The van der Waals surface area contributed by atoms with Crippen molar-refractivity contribution >= 4 is 10.4 Å². The molecule has 4 nitrogen and oxygen atoms in total. The van der Waals surface area contributed by atoms with Crippen molar-refractivity contribution < 1.29 is 17.2 Å². The highest BCUT2D eigenvalue weighted by Crippen LogP contribution is 2.18. The summed E-state index contributed by atoms with van der Waals surface area (Å²) in [6, 6.07) is 0. The Hall–Kier alpha value is -0.390. The predicted octanol–water partition coefficient (Wildman–Crippen LogP) is 15.1. The maximum absolute atomic E-state index is 11.1. The molecular formula is C42H84O4S. The molecule has 1 N–H and O–H groups in total.